The summed E-state index contributed by atoms with van der Waals surface area (Å²) in [6.07, 6.45) is 1.76. The normalized spacial score (nSPS) is 10.5. The Labute approximate surface area is 128 Å². The highest BCUT2D eigenvalue weighted by atomic mass is 19.1. The Bertz CT molecular complexity index is 783. The second-order valence-corrected chi connectivity index (χ2v) is 5.03. The van der Waals surface area contributed by atoms with Crippen LogP contribution in [0.25, 0.3) is 11.3 Å². The van der Waals surface area contributed by atoms with E-state index in [9.17, 15) is 4.39 Å². The van der Waals surface area contributed by atoms with Gasteiger partial charge in [-0.25, -0.2) is 4.39 Å². The van der Waals surface area contributed by atoms with Crippen LogP contribution in [0.1, 0.15) is 11.4 Å². The second kappa shape index (κ2) is 5.93. The van der Waals surface area contributed by atoms with Crippen molar-refractivity contribution in [3.05, 3.63) is 71.9 Å². The Balaban J connectivity index is 1.81. The fourth-order valence-electron chi connectivity index (χ4n) is 2.20. The van der Waals surface area contributed by atoms with Gasteiger partial charge < -0.3 is 4.74 Å². The molecule has 0 saturated carbocycles. The zero-order valence-corrected chi connectivity index (χ0v) is 12.4. The molecule has 0 N–H and O–H groups in total. The third kappa shape index (κ3) is 3.11. The molecule has 3 rings (SSSR count). The Morgan fingerprint density at radius 1 is 0.864 bits per heavy atom. The highest BCUT2D eigenvalue weighted by molar-refractivity contribution is 5.62. The van der Waals surface area contributed by atoms with Gasteiger partial charge in [0.05, 0.1) is 17.1 Å². The van der Waals surface area contributed by atoms with Gasteiger partial charge in [0.2, 0.25) is 0 Å². The molecule has 3 aromatic rings. The minimum Gasteiger partial charge on any atom is -0.457 e. The standard InChI is InChI=1S/C18H15FN2O/c1-12-11-20-18(13(2)21-12)14-3-7-16(8-4-14)22-17-9-5-15(19)6-10-17/h3-11H,1-2H3. The van der Waals surface area contributed by atoms with E-state index < -0.39 is 0 Å². The molecule has 1 heterocycles. The summed E-state index contributed by atoms with van der Waals surface area (Å²) in [6.45, 7) is 3.86. The fourth-order valence-corrected chi connectivity index (χ4v) is 2.20. The third-order valence-electron chi connectivity index (χ3n) is 3.24. The van der Waals surface area contributed by atoms with E-state index in [2.05, 4.69) is 9.97 Å². The first kappa shape index (κ1) is 14.2. The van der Waals surface area contributed by atoms with E-state index in [1.54, 1.807) is 18.3 Å². The first-order valence-electron chi connectivity index (χ1n) is 6.96. The summed E-state index contributed by atoms with van der Waals surface area (Å²) in [4.78, 5) is 8.85. The first-order valence-corrected chi connectivity index (χ1v) is 6.96. The fraction of sp³-hybridized carbons (Fsp3) is 0.111. The first-order chi connectivity index (χ1) is 10.6. The molecule has 0 unspecified atom stereocenters. The number of ether oxygens (including phenoxy) is 1. The quantitative estimate of drug-likeness (QED) is 0.702. The van der Waals surface area contributed by atoms with E-state index in [0.29, 0.717) is 11.5 Å². The molecular formula is C18H15FN2O. The van der Waals surface area contributed by atoms with Gasteiger partial charge in [-0.1, -0.05) is 0 Å². The largest absolute Gasteiger partial charge is 0.457 e. The molecule has 0 atom stereocenters. The Morgan fingerprint density at radius 2 is 1.45 bits per heavy atom. The third-order valence-corrected chi connectivity index (χ3v) is 3.24. The minimum absolute atomic E-state index is 0.281. The van der Waals surface area contributed by atoms with Gasteiger partial charge >= 0.3 is 0 Å². The van der Waals surface area contributed by atoms with Crippen LogP contribution in [0.4, 0.5) is 4.39 Å². The Kier molecular flexibility index (Phi) is 3.83. The van der Waals surface area contributed by atoms with Crippen molar-refractivity contribution in [1.82, 2.24) is 9.97 Å². The van der Waals surface area contributed by atoms with E-state index in [0.717, 1.165) is 22.6 Å². The molecule has 22 heavy (non-hydrogen) atoms. The molecule has 3 nitrogen and oxygen atoms in total. The predicted molar refractivity (Wildman–Crippen MR) is 83.4 cm³/mol. The molecule has 0 fully saturated rings. The number of hydrogen-bond acceptors (Lipinski definition) is 3. The van der Waals surface area contributed by atoms with Gasteiger partial charge in [-0.15, -0.1) is 0 Å². The summed E-state index contributed by atoms with van der Waals surface area (Å²) in [6, 6.07) is 13.5. The number of aromatic nitrogens is 2. The van der Waals surface area contributed by atoms with Crippen molar-refractivity contribution in [3.63, 3.8) is 0 Å². The van der Waals surface area contributed by atoms with E-state index >= 15 is 0 Å². The maximum absolute atomic E-state index is 12.9. The van der Waals surface area contributed by atoms with E-state index in [-0.39, 0.29) is 5.82 Å². The minimum atomic E-state index is -0.281. The van der Waals surface area contributed by atoms with Crippen LogP contribution in [0.3, 0.4) is 0 Å². The van der Waals surface area contributed by atoms with E-state index in [4.69, 9.17) is 4.74 Å². The average molecular weight is 294 g/mol. The molecule has 0 aliphatic rings. The molecule has 4 heteroatoms. The van der Waals surface area contributed by atoms with Gasteiger partial charge in [-0.3, -0.25) is 9.97 Å². The van der Waals surface area contributed by atoms with Gasteiger partial charge in [0.15, 0.2) is 0 Å². The van der Waals surface area contributed by atoms with Gasteiger partial charge in [0.25, 0.3) is 0 Å². The summed E-state index contributed by atoms with van der Waals surface area (Å²) in [5, 5.41) is 0. The van der Waals surface area contributed by atoms with Crippen LogP contribution < -0.4 is 4.74 Å². The monoisotopic (exact) mass is 294 g/mol. The molecule has 0 bridgehead atoms. The average Bonchev–Trinajstić information content (AvgIpc) is 2.51. The molecule has 0 amide bonds. The van der Waals surface area contributed by atoms with Crippen molar-refractivity contribution < 1.29 is 9.13 Å². The Morgan fingerprint density at radius 3 is 2.05 bits per heavy atom. The smallest absolute Gasteiger partial charge is 0.127 e. The van der Waals surface area contributed by atoms with Crippen molar-refractivity contribution in [1.29, 1.82) is 0 Å². The maximum atomic E-state index is 12.9. The topological polar surface area (TPSA) is 35.0 Å². The predicted octanol–water partition coefficient (Wildman–Crippen LogP) is 4.69. The van der Waals surface area contributed by atoms with Crippen LogP contribution in [0.15, 0.2) is 54.7 Å². The number of aryl methyl sites for hydroxylation is 2. The van der Waals surface area contributed by atoms with Gasteiger partial charge in [0, 0.05) is 11.8 Å². The summed E-state index contributed by atoms with van der Waals surface area (Å²) < 4.78 is 18.5. The summed E-state index contributed by atoms with van der Waals surface area (Å²) in [5.41, 5.74) is 3.64. The van der Waals surface area contributed by atoms with Crippen molar-refractivity contribution in [2.45, 2.75) is 13.8 Å². The lowest BCUT2D eigenvalue weighted by atomic mass is 10.1. The van der Waals surface area contributed by atoms with Crippen LogP contribution in [0.2, 0.25) is 0 Å². The van der Waals surface area contributed by atoms with E-state index in [1.807, 2.05) is 38.1 Å². The van der Waals surface area contributed by atoms with E-state index in [1.165, 1.54) is 12.1 Å². The van der Waals surface area contributed by atoms with Gasteiger partial charge in [0.1, 0.15) is 17.3 Å². The number of nitrogens with zero attached hydrogens (tertiary/aromatic N) is 2. The van der Waals surface area contributed by atoms with Crippen molar-refractivity contribution in [2.24, 2.45) is 0 Å². The summed E-state index contributed by atoms with van der Waals surface area (Å²) in [5.74, 6) is 1.00. The number of rotatable bonds is 3. The highest BCUT2D eigenvalue weighted by Crippen LogP contribution is 2.26. The molecule has 2 aromatic carbocycles. The van der Waals surface area contributed by atoms with Gasteiger partial charge in [-0.05, 0) is 62.4 Å². The zero-order valence-electron chi connectivity index (χ0n) is 12.4. The molecule has 110 valence electrons. The molecule has 0 radical (unpaired) electrons. The maximum Gasteiger partial charge on any atom is 0.127 e. The van der Waals surface area contributed by atoms with Crippen LogP contribution in [0, 0.1) is 19.7 Å². The number of halogens is 1. The lowest BCUT2D eigenvalue weighted by molar-refractivity contribution is 0.480. The summed E-state index contributed by atoms with van der Waals surface area (Å²) >= 11 is 0. The van der Waals surface area contributed by atoms with Gasteiger partial charge in [-0.2, -0.15) is 0 Å². The van der Waals surface area contributed by atoms with Crippen LogP contribution in [-0.2, 0) is 0 Å². The zero-order chi connectivity index (χ0) is 15.5. The number of benzene rings is 2. The van der Waals surface area contributed by atoms with Crippen LogP contribution in [0.5, 0.6) is 11.5 Å². The van der Waals surface area contributed by atoms with Crippen molar-refractivity contribution in [3.8, 4) is 22.8 Å². The lowest BCUT2D eigenvalue weighted by Gasteiger charge is -2.08. The molecular weight excluding hydrogens is 279 g/mol. The molecule has 0 aliphatic heterocycles. The molecule has 0 aliphatic carbocycles. The number of hydrogen-bond donors (Lipinski definition) is 0. The highest BCUT2D eigenvalue weighted by Gasteiger charge is 2.06. The van der Waals surface area contributed by atoms with Crippen LogP contribution >= 0.6 is 0 Å². The molecule has 1 aromatic heterocycles. The SMILES string of the molecule is Cc1cnc(-c2ccc(Oc3ccc(F)cc3)cc2)c(C)n1. The van der Waals surface area contributed by atoms with Crippen LogP contribution in [-0.4, -0.2) is 9.97 Å². The van der Waals surface area contributed by atoms with Crippen molar-refractivity contribution >= 4 is 0 Å². The van der Waals surface area contributed by atoms with Crippen molar-refractivity contribution in [2.75, 3.05) is 0 Å². The molecule has 0 spiro atoms. The Hall–Kier alpha value is -2.75. The molecule has 0 saturated heterocycles. The lowest BCUT2D eigenvalue weighted by Crippen LogP contribution is -1.94. The second-order valence-electron chi connectivity index (χ2n) is 5.03. The summed E-state index contributed by atoms with van der Waals surface area (Å²) in [7, 11) is 0.